The molecule has 6 heteroatoms. The van der Waals surface area contributed by atoms with Gasteiger partial charge in [-0.3, -0.25) is 9.59 Å². The number of hydrogen-bond donors (Lipinski definition) is 2. The van der Waals surface area contributed by atoms with Crippen molar-refractivity contribution in [3.8, 4) is 0 Å². The normalized spacial score (nSPS) is 17.2. The van der Waals surface area contributed by atoms with Crippen LogP contribution >= 0.6 is 11.8 Å². The van der Waals surface area contributed by atoms with Crippen molar-refractivity contribution in [1.29, 1.82) is 0 Å². The van der Waals surface area contributed by atoms with Crippen LogP contribution in [0.3, 0.4) is 0 Å². The number of benzene rings is 2. The van der Waals surface area contributed by atoms with Gasteiger partial charge in [0.05, 0.1) is 6.04 Å². The predicted octanol–water partition coefficient (Wildman–Crippen LogP) is 4.59. The Kier molecular flexibility index (Phi) is 6.32. The summed E-state index contributed by atoms with van der Waals surface area (Å²) in [6, 6.07) is 11.1. The van der Waals surface area contributed by atoms with Crippen LogP contribution in [0, 0.1) is 5.82 Å². The predicted molar refractivity (Wildman–Crippen MR) is 115 cm³/mol. The van der Waals surface area contributed by atoms with Crippen molar-refractivity contribution in [2.24, 2.45) is 0 Å². The number of rotatable bonds is 4. The quantitative estimate of drug-likeness (QED) is 0.769. The van der Waals surface area contributed by atoms with Crippen molar-refractivity contribution >= 4 is 23.6 Å². The van der Waals surface area contributed by atoms with Gasteiger partial charge in [-0.2, -0.15) is 0 Å². The fourth-order valence-electron chi connectivity index (χ4n) is 3.28. The standard InChI is InChI=1S/C23H27FN2O2S/c1-14(25-22(28)15-5-7-16(8-6-15)23(2,3)4)21(27)26-19-11-12-29-20-10-9-17(24)13-18(19)20/h5-10,13-14,19H,11-12H2,1-4H3,(H,25,28)(H,26,27)/t14-,19?/m0/s1. The van der Waals surface area contributed by atoms with Crippen LogP contribution in [-0.2, 0) is 10.2 Å². The largest absolute Gasteiger partial charge is 0.347 e. The van der Waals surface area contributed by atoms with Gasteiger partial charge in [0, 0.05) is 16.2 Å². The lowest BCUT2D eigenvalue weighted by Crippen LogP contribution is -2.46. The van der Waals surface area contributed by atoms with E-state index in [9.17, 15) is 14.0 Å². The monoisotopic (exact) mass is 414 g/mol. The SMILES string of the molecule is C[C@H](NC(=O)c1ccc(C(C)(C)C)cc1)C(=O)NC1CCSc2ccc(F)cc21. The summed E-state index contributed by atoms with van der Waals surface area (Å²) in [4.78, 5) is 26.1. The van der Waals surface area contributed by atoms with E-state index in [1.165, 1.54) is 12.1 Å². The average Bonchev–Trinajstić information content (AvgIpc) is 2.67. The highest BCUT2D eigenvalue weighted by Gasteiger charge is 2.25. The Morgan fingerprint density at radius 1 is 1.14 bits per heavy atom. The molecular weight excluding hydrogens is 387 g/mol. The van der Waals surface area contributed by atoms with Gasteiger partial charge in [0.2, 0.25) is 5.91 Å². The van der Waals surface area contributed by atoms with Crippen LogP contribution in [0.2, 0.25) is 0 Å². The van der Waals surface area contributed by atoms with Crippen LogP contribution < -0.4 is 10.6 Å². The number of thioether (sulfide) groups is 1. The van der Waals surface area contributed by atoms with Crippen LogP contribution in [-0.4, -0.2) is 23.6 Å². The molecule has 1 unspecified atom stereocenters. The third-order valence-electron chi connectivity index (χ3n) is 5.08. The first-order valence-electron chi connectivity index (χ1n) is 9.79. The molecule has 1 aliphatic heterocycles. The zero-order chi connectivity index (χ0) is 21.2. The summed E-state index contributed by atoms with van der Waals surface area (Å²) in [5.74, 6) is -0.0363. The van der Waals surface area contributed by atoms with Crippen molar-refractivity contribution < 1.29 is 14.0 Å². The molecule has 2 aromatic rings. The van der Waals surface area contributed by atoms with Crippen LogP contribution in [0.4, 0.5) is 4.39 Å². The maximum atomic E-state index is 13.6. The maximum Gasteiger partial charge on any atom is 0.251 e. The van der Waals surface area contributed by atoms with Crippen LogP contribution in [0.15, 0.2) is 47.4 Å². The number of fused-ring (bicyclic) bond motifs is 1. The Bertz CT molecular complexity index is 906. The van der Waals surface area contributed by atoms with Crippen molar-refractivity contribution in [2.75, 3.05) is 5.75 Å². The number of carbonyl (C=O) groups excluding carboxylic acids is 2. The maximum absolute atomic E-state index is 13.6. The van der Waals surface area contributed by atoms with Crippen LogP contribution in [0.5, 0.6) is 0 Å². The van der Waals surface area contributed by atoms with E-state index < -0.39 is 6.04 Å². The smallest absolute Gasteiger partial charge is 0.251 e. The van der Waals surface area contributed by atoms with Gasteiger partial charge in [-0.25, -0.2) is 4.39 Å². The minimum atomic E-state index is -0.698. The van der Waals surface area contributed by atoms with E-state index in [1.54, 1.807) is 36.9 Å². The minimum absolute atomic E-state index is 0.0102. The van der Waals surface area contributed by atoms with E-state index in [-0.39, 0.29) is 29.1 Å². The first-order valence-corrected chi connectivity index (χ1v) is 10.8. The number of amides is 2. The minimum Gasteiger partial charge on any atom is -0.347 e. The molecule has 0 fully saturated rings. The molecule has 29 heavy (non-hydrogen) atoms. The summed E-state index contributed by atoms with van der Waals surface area (Å²) in [6.07, 6.45) is 0.724. The molecule has 0 spiro atoms. The van der Waals surface area contributed by atoms with Gasteiger partial charge in [0.25, 0.3) is 5.91 Å². The Hall–Kier alpha value is -2.34. The Morgan fingerprint density at radius 2 is 1.83 bits per heavy atom. The van der Waals surface area contributed by atoms with E-state index in [4.69, 9.17) is 0 Å². The fourth-order valence-corrected chi connectivity index (χ4v) is 4.38. The fraction of sp³-hybridized carbons (Fsp3) is 0.391. The zero-order valence-corrected chi connectivity index (χ0v) is 18.0. The van der Waals surface area contributed by atoms with Gasteiger partial charge < -0.3 is 10.6 Å². The second-order valence-electron chi connectivity index (χ2n) is 8.40. The highest BCUT2D eigenvalue weighted by atomic mass is 32.2. The third-order valence-corrected chi connectivity index (χ3v) is 6.20. The Morgan fingerprint density at radius 3 is 2.48 bits per heavy atom. The second kappa shape index (κ2) is 8.57. The molecule has 2 N–H and O–H groups in total. The lowest BCUT2D eigenvalue weighted by molar-refractivity contribution is -0.123. The highest BCUT2D eigenvalue weighted by molar-refractivity contribution is 7.99. The summed E-state index contributed by atoms with van der Waals surface area (Å²) >= 11 is 1.66. The summed E-state index contributed by atoms with van der Waals surface area (Å²) in [6.45, 7) is 7.99. The first kappa shape index (κ1) is 21.4. The molecule has 2 aromatic carbocycles. The molecule has 0 saturated heterocycles. The summed E-state index contributed by atoms with van der Waals surface area (Å²) < 4.78 is 13.6. The van der Waals surface area contributed by atoms with Gasteiger partial charge in [0.1, 0.15) is 11.9 Å². The lowest BCUT2D eigenvalue weighted by atomic mass is 9.86. The number of hydrogen-bond acceptors (Lipinski definition) is 3. The number of carbonyl (C=O) groups is 2. The Labute approximate surface area is 175 Å². The molecule has 0 aliphatic carbocycles. The van der Waals surface area contributed by atoms with Crippen LogP contribution in [0.25, 0.3) is 0 Å². The molecule has 1 heterocycles. The molecular formula is C23H27FN2O2S. The van der Waals surface area contributed by atoms with Gasteiger partial charge in [0.15, 0.2) is 0 Å². The molecule has 4 nitrogen and oxygen atoms in total. The topological polar surface area (TPSA) is 58.2 Å². The van der Waals surface area contributed by atoms with Crippen molar-refractivity contribution in [2.45, 2.75) is 56.5 Å². The van der Waals surface area contributed by atoms with Crippen molar-refractivity contribution in [1.82, 2.24) is 10.6 Å². The number of halogens is 1. The lowest BCUT2D eigenvalue weighted by Gasteiger charge is -2.27. The van der Waals surface area contributed by atoms with Gasteiger partial charge in [-0.15, -0.1) is 11.8 Å². The molecule has 1 aliphatic rings. The Balaban J connectivity index is 1.63. The van der Waals surface area contributed by atoms with Crippen molar-refractivity contribution in [3.63, 3.8) is 0 Å². The molecule has 0 radical (unpaired) electrons. The molecule has 3 rings (SSSR count). The molecule has 2 atom stereocenters. The van der Waals surface area contributed by atoms with Gasteiger partial charge in [-0.1, -0.05) is 32.9 Å². The van der Waals surface area contributed by atoms with E-state index in [0.717, 1.165) is 28.2 Å². The zero-order valence-electron chi connectivity index (χ0n) is 17.2. The van der Waals surface area contributed by atoms with Gasteiger partial charge in [-0.05, 0) is 60.2 Å². The van der Waals surface area contributed by atoms with Crippen LogP contribution in [0.1, 0.15) is 61.6 Å². The van der Waals surface area contributed by atoms with E-state index in [1.807, 2.05) is 12.1 Å². The third kappa shape index (κ3) is 5.18. The average molecular weight is 415 g/mol. The van der Waals surface area contributed by atoms with Crippen molar-refractivity contribution in [3.05, 3.63) is 65.0 Å². The molecule has 0 saturated carbocycles. The first-order chi connectivity index (χ1) is 13.6. The molecule has 154 valence electrons. The summed E-state index contributed by atoms with van der Waals surface area (Å²) in [5.41, 5.74) is 2.46. The van der Waals surface area contributed by atoms with E-state index in [0.29, 0.717) is 5.56 Å². The molecule has 0 bridgehead atoms. The summed E-state index contributed by atoms with van der Waals surface area (Å²) in [7, 11) is 0. The second-order valence-corrected chi connectivity index (χ2v) is 9.54. The van der Waals surface area contributed by atoms with E-state index >= 15 is 0 Å². The highest BCUT2D eigenvalue weighted by Crippen LogP contribution is 2.36. The molecule has 0 aromatic heterocycles. The number of nitrogens with one attached hydrogen (secondary N) is 2. The summed E-state index contributed by atoms with van der Waals surface area (Å²) in [5, 5.41) is 5.70. The molecule has 2 amide bonds. The van der Waals surface area contributed by atoms with Gasteiger partial charge >= 0.3 is 0 Å². The van der Waals surface area contributed by atoms with E-state index in [2.05, 4.69) is 31.4 Å².